The molecule has 1 saturated heterocycles. The Morgan fingerprint density at radius 3 is 2.33 bits per heavy atom. The van der Waals surface area contributed by atoms with Crippen LogP contribution in [0.5, 0.6) is 0 Å². The van der Waals surface area contributed by atoms with Gasteiger partial charge in [-0.05, 0) is 29.4 Å². The summed E-state index contributed by atoms with van der Waals surface area (Å²) in [6.45, 7) is 8.77. The number of hydrogen-bond acceptors (Lipinski definition) is 3. The van der Waals surface area contributed by atoms with Gasteiger partial charge in [-0.1, -0.05) is 52.0 Å². The number of carbonyl (C=O) groups excluding carboxylic acids is 2. The molecule has 1 aliphatic rings. The lowest BCUT2D eigenvalue weighted by Gasteiger charge is -2.25. The summed E-state index contributed by atoms with van der Waals surface area (Å²) < 4.78 is 0. The van der Waals surface area contributed by atoms with Gasteiger partial charge in [0, 0.05) is 0 Å². The maximum absolute atomic E-state index is 12.3. The van der Waals surface area contributed by atoms with Crippen LogP contribution >= 0.6 is 11.8 Å². The van der Waals surface area contributed by atoms with Gasteiger partial charge in [-0.25, -0.2) is 0 Å². The fraction of sp³-hybridized carbons (Fsp3) is 0.579. The zero-order valence-corrected chi connectivity index (χ0v) is 15.9. The summed E-state index contributed by atoms with van der Waals surface area (Å²) in [5, 5.41) is 3.10. The van der Waals surface area contributed by atoms with E-state index in [0.29, 0.717) is 17.5 Å². The average molecular weight is 349 g/mol. The predicted molar refractivity (Wildman–Crippen MR) is 99.9 cm³/mol. The van der Waals surface area contributed by atoms with Crippen molar-refractivity contribution in [1.29, 1.82) is 0 Å². The fourth-order valence-electron chi connectivity index (χ4n) is 2.84. The molecule has 1 N–H and O–H groups in total. The summed E-state index contributed by atoms with van der Waals surface area (Å²) in [6.07, 6.45) is 1.12. The van der Waals surface area contributed by atoms with Crippen LogP contribution < -0.4 is 5.32 Å². The average Bonchev–Trinajstić information content (AvgIpc) is 2.96. The quantitative estimate of drug-likeness (QED) is 0.820. The summed E-state index contributed by atoms with van der Waals surface area (Å²) in [7, 11) is 0. The Bertz CT molecular complexity index is 571. The van der Waals surface area contributed by atoms with Crippen molar-refractivity contribution in [2.45, 2.75) is 46.1 Å². The fourth-order valence-corrected chi connectivity index (χ4v) is 3.74. The smallest absolute Gasteiger partial charge is 0.240 e. The van der Waals surface area contributed by atoms with Gasteiger partial charge in [0.05, 0.1) is 17.7 Å². The van der Waals surface area contributed by atoms with Crippen LogP contribution in [0.1, 0.15) is 57.2 Å². The Balaban J connectivity index is 2.03. The molecular weight excluding hydrogens is 320 g/mol. The zero-order chi connectivity index (χ0) is 17.7. The number of hydrogen-bond donors (Lipinski definition) is 1. The third kappa shape index (κ3) is 4.76. The molecule has 1 aliphatic heterocycles. The van der Waals surface area contributed by atoms with Gasteiger partial charge in [-0.3, -0.25) is 9.59 Å². The molecule has 1 aromatic carbocycles. The lowest BCUT2D eigenvalue weighted by atomic mass is 9.92. The molecule has 2 atom stereocenters. The molecule has 0 bridgehead atoms. The topological polar surface area (TPSA) is 49.4 Å². The molecule has 2 amide bonds. The Morgan fingerprint density at radius 2 is 1.83 bits per heavy atom. The van der Waals surface area contributed by atoms with Crippen LogP contribution in [0.4, 0.5) is 0 Å². The van der Waals surface area contributed by atoms with Crippen molar-refractivity contribution in [2.75, 3.05) is 18.2 Å². The Kier molecular flexibility index (Phi) is 6.72. The minimum absolute atomic E-state index is 0.0335. The van der Waals surface area contributed by atoms with E-state index in [4.69, 9.17) is 0 Å². The first kappa shape index (κ1) is 18.8. The molecule has 0 aromatic heterocycles. The van der Waals surface area contributed by atoms with Crippen molar-refractivity contribution in [3.8, 4) is 0 Å². The molecule has 0 radical (unpaired) electrons. The molecule has 0 saturated carbocycles. The van der Waals surface area contributed by atoms with Gasteiger partial charge in [-0.2, -0.15) is 0 Å². The number of amides is 2. The minimum atomic E-state index is -0.0875. The highest BCUT2D eigenvalue weighted by molar-refractivity contribution is 8.00. The van der Waals surface area contributed by atoms with E-state index in [1.807, 2.05) is 0 Å². The van der Waals surface area contributed by atoms with Gasteiger partial charge < -0.3 is 10.2 Å². The summed E-state index contributed by atoms with van der Waals surface area (Å²) in [5.74, 6) is 1.89. The van der Waals surface area contributed by atoms with Gasteiger partial charge in [0.15, 0.2) is 0 Å². The highest BCUT2D eigenvalue weighted by Crippen LogP contribution is 2.25. The number of nitrogens with zero attached hydrogens (tertiary/aromatic N) is 1. The maximum Gasteiger partial charge on any atom is 0.240 e. The largest absolute Gasteiger partial charge is 0.347 e. The van der Waals surface area contributed by atoms with E-state index < -0.39 is 0 Å². The SMILES string of the molecule is CC[C@@H](C)c1ccc([C@@H](NC(=O)CN2CSCC2=O)C(C)C)cc1. The molecule has 24 heavy (non-hydrogen) atoms. The first-order valence-corrected chi connectivity index (χ1v) is 9.82. The molecule has 1 aromatic rings. The van der Waals surface area contributed by atoms with Crippen molar-refractivity contribution in [2.24, 2.45) is 5.92 Å². The zero-order valence-electron chi connectivity index (χ0n) is 15.0. The molecule has 4 nitrogen and oxygen atoms in total. The van der Waals surface area contributed by atoms with Crippen LogP contribution in [0.2, 0.25) is 0 Å². The molecule has 1 heterocycles. The van der Waals surface area contributed by atoms with Gasteiger partial charge in [0.25, 0.3) is 0 Å². The molecule has 5 heteroatoms. The van der Waals surface area contributed by atoms with Gasteiger partial charge in [0.2, 0.25) is 11.8 Å². The third-order valence-electron chi connectivity index (χ3n) is 4.62. The van der Waals surface area contributed by atoms with E-state index in [-0.39, 0.29) is 30.3 Å². The van der Waals surface area contributed by atoms with E-state index in [9.17, 15) is 9.59 Å². The van der Waals surface area contributed by atoms with Gasteiger partial charge in [0.1, 0.15) is 6.54 Å². The van der Waals surface area contributed by atoms with Crippen LogP contribution in [0.25, 0.3) is 0 Å². The minimum Gasteiger partial charge on any atom is -0.347 e. The van der Waals surface area contributed by atoms with Crippen molar-refractivity contribution < 1.29 is 9.59 Å². The summed E-state index contributed by atoms with van der Waals surface area (Å²) in [4.78, 5) is 25.6. The van der Waals surface area contributed by atoms with E-state index >= 15 is 0 Å². The van der Waals surface area contributed by atoms with Crippen molar-refractivity contribution in [3.05, 3.63) is 35.4 Å². The summed E-state index contributed by atoms with van der Waals surface area (Å²) >= 11 is 1.56. The molecule has 0 spiro atoms. The Morgan fingerprint density at radius 1 is 1.21 bits per heavy atom. The highest BCUT2D eigenvalue weighted by Gasteiger charge is 2.25. The summed E-state index contributed by atoms with van der Waals surface area (Å²) in [5.41, 5.74) is 2.45. The summed E-state index contributed by atoms with van der Waals surface area (Å²) in [6, 6.07) is 8.51. The number of benzene rings is 1. The van der Waals surface area contributed by atoms with E-state index in [2.05, 4.69) is 57.3 Å². The molecule has 0 unspecified atom stereocenters. The van der Waals surface area contributed by atoms with Gasteiger partial charge >= 0.3 is 0 Å². The van der Waals surface area contributed by atoms with Crippen molar-refractivity contribution in [1.82, 2.24) is 10.2 Å². The third-order valence-corrected chi connectivity index (χ3v) is 5.57. The first-order valence-electron chi connectivity index (χ1n) is 8.67. The lowest BCUT2D eigenvalue weighted by molar-refractivity contribution is -0.132. The van der Waals surface area contributed by atoms with E-state index in [0.717, 1.165) is 12.0 Å². The molecule has 0 aliphatic carbocycles. The normalized spacial score (nSPS) is 17.2. The number of rotatable bonds is 7. The van der Waals surface area contributed by atoms with Crippen LogP contribution in [-0.2, 0) is 9.59 Å². The number of thioether (sulfide) groups is 1. The lowest BCUT2D eigenvalue weighted by Crippen LogP contribution is -2.40. The van der Waals surface area contributed by atoms with E-state index in [1.165, 1.54) is 5.56 Å². The van der Waals surface area contributed by atoms with Gasteiger partial charge in [-0.15, -0.1) is 11.8 Å². The molecule has 2 rings (SSSR count). The monoisotopic (exact) mass is 348 g/mol. The Hall–Kier alpha value is -1.49. The standard InChI is InChI=1S/C19H28N2O2S/c1-5-14(4)15-6-8-16(9-7-15)19(13(2)3)20-17(22)10-21-12-24-11-18(21)23/h6-9,13-14,19H,5,10-12H2,1-4H3,(H,20,22)/t14-,19+/m1/s1. The number of nitrogens with one attached hydrogen (secondary N) is 1. The second-order valence-electron chi connectivity index (χ2n) is 6.83. The van der Waals surface area contributed by atoms with Crippen LogP contribution in [0.3, 0.4) is 0 Å². The van der Waals surface area contributed by atoms with Crippen molar-refractivity contribution >= 4 is 23.6 Å². The van der Waals surface area contributed by atoms with Crippen LogP contribution in [0, 0.1) is 5.92 Å². The molecule has 132 valence electrons. The molecule has 1 fully saturated rings. The highest BCUT2D eigenvalue weighted by atomic mass is 32.2. The Labute approximate surface area is 149 Å². The van der Waals surface area contributed by atoms with Crippen LogP contribution in [-0.4, -0.2) is 34.9 Å². The number of carbonyl (C=O) groups is 2. The van der Waals surface area contributed by atoms with Crippen LogP contribution in [0.15, 0.2) is 24.3 Å². The predicted octanol–water partition coefficient (Wildman–Crippen LogP) is 3.55. The maximum atomic E-state index is 12.3. The first-order chi connectivity index (χ1) is 11.4. The molecular formula is C19H28N2O2S. The second-order valence-corrected chi connectivity index (χ2v) is 7.79. The second kappa shape index (κ2) is 8.56. The van der Waals surface area contributed by atoms with E-state index in [1.54, 1.807) is 16.7 Å². The van der Waals surface area contributed by atoms with Crippen molar-refractivity contribution in [3.63, 3.8) is 0 Å².